The Hall–Kier alpha value is -2.69. The number of hydrogen-bond acceptors (Lipinski definition) is 3. The summed E-state index contributed by atoms with van der Waals surface area (Å²) >= 11 is 0. The van der Waals surface area contributed by atoms with Gasteiger partial charge in [-0.2, -0.15) is 0 Å². The van der Waals surface area contributed by atoms with E-state index in [0.29, 0.717) is 17.1 Å². The van der Waals surface area contributed by atoms with Crippen LogP contribution in [0.1, 0.15) is 5.56 Å². The first-order valence-corrected chi connectivity index (χ1v) is 6.17. The minimum absolute atomic E-state index is 0.327. The molecular formula is C15H17N3O2. The highest BCUT2D eigenvalue weighted by Gasteiger charge is 2.08. The van der Waals surface area contributed by atoms with Crippen LogP contribution in [0.5, 0.6) is 5.75 Å². The van der Waals surface area contributed by atoms with Gasteiger partial charge in [0.2, 0.25) is 0 Å². The van der Waals surface area contributed by atoms with Crippen molar-refractivity contribution in [2.24, 2.45) is 0 Å². The predicted octanol–water partition coefficient (Wildman–Crippen LogP) is 3.23. The van der Waals surface area contributed by atoms with Crippen LogP contribution >= 0.6 is 0 Å². The SMILES string of the molecule is COc1cccc(NC(=O)Nc2cccc(N)c2)c1C. The number of urea groups is 1. The van der Waals surface area contributed by atoms with Crippen LogP contribution in [0.25, 0.3) is 0 Å². The molecule has 0 heterocycles. The van der Waals surface area contributed by atoms with E-state index in [1.807, 2.05) is 25.1 Å². The van der Waals surface area contributed by atoms with E-state index in [0.717, 1.165) is 11.3 Å². The lowest BCUT2D eigenvalue weighted by Gasteiger charge is -2.12. The van der Waals surface area contributed by atoms with Gasteiger partial charge in [-0.1, -0.05) is 12.1 Å². The van der Waals surface area contributed by atoms with Gasteiger partial charge in [0, 0.05) is 22.6 Å². The van der Waals surface area contributed by atoms with Crippen molar-refractivity contribution in [3.05, 3.63) is 48.0 Å². The first kappa shape index (κ1) is 13.7. The molecule has 5 nitrogen and oxygen atoms in total. The first-order chi connectivity index (χ1) is 9.60. The van der Waals surface area contributed by atoms with Gasteiger partial charge in [-0.05, 0) is 37.3 Å². The van der Waals surface area contributed by atoms with Gasteiger partial charge in [-0.3, -0.25) is 0 Å². The third kappa shape index (κ3) is 3.20. The van der Waals surface area contributed by atoms with E-state index in [-0.39, 0.29) is 6.03 Å². The van der Waals surface area contributed by atoms with E-state index in [1.54, 1.807) is 31.4 Å². The van der Waals surface area contributed by atoms with Crippen molar-refractivity contribution in [3.8, 4) is 5.75 Å². The van der Waals surface area contributed by atoms with Crippen molar-refractivity contribution in [2.45, 2.75) is 6.92 Å². The highest BCUT2D eigenvalue weighted by atomic mass is 16.5. The van der Waals surface area contributed by atoms with Gasteiger partial charge in [-0.15, -0.1) is 0 Å². The van der Waals surface area contributed by atoms with Crippen LogP contribution in [0.3, 0.4) is 0 Å². The molecule has 0 aliphatic carbocycles. The van der Waals surface area contributed by atoms with Crippen LogP contribution in [-0.2, 0) is 0 Å². The number of nitrogen functional groups attached to an aromatic ring is 1. The molecule has 20 heavy (non-hydrogen) atoms. The number of rotatable bonds is 3. The summed E-state index contributed by atoms with van der Waals surface area (Å²) in [5.41, 5.74) is 8.47. The van der Waals surface area contributed by atoms with Gasteiger partial charge < -0.3 is 21.1 Å². The minimum Gasteiger partial charge on any atom is -0.496 e. The normalized spacial score (nSPS) is 9.90. The summed E-state index contributed by atoms with van der Waals surface area (Å²) in [4.78, 5) is 11.9. The number of nitrogens with two attached hydrogens (primary N) is 1. The maximum atomic E-state index is 11.9. The Morgan fingerprint density at radius 3 is 2.60 bits per heavy atom. The Bertz CT molecular complexity index is 626. The summed E-state index contributed by atoms with van der Waals surface area (Å²) in [6, 6.07) is 12.2. The zero-order valence-corrected chi connectivity index (χ0v) is 11.4. The maximum absolute atomic E-state index is 11.9. The Labute approximate surface area is 117 Å². The maximum Gasteiger partial charge on any atom is 0.323 e. The average Bonchev–Trinajstić information content (AvgIpc) is 2.41. The molecule has 0 unspecified atom stereocenters. The molecule has 2 aromatic carbocycles. The summed E-state index contributed by atoms with van der Waals surface area (Å²) in [6.45, 7) is 1.88. The molecular weight excluding hydrogens is 254 g/mol. The Morgan fingerprint density at radius 2 is 1.90 bits per heavy atom. The molecule has 0 aliphatic rings. The van der Waals surface area contributed by atoms with Crippen LogP contribution in [0.4, 0.5) is 21.9 Å². The molecule has 0 aliphatic heterocycles. The molecule has 0 radical (unpaired) electrons. The van der Waals surface area contributed by atoms with E-state index in [9.17, 15) is 4.79 Å². The van der Waals surface area contributed by atoms with Crippen LogP contribution < -0.4 is 21.1 Å². The third-order valence-corrected chi connectivity index (χ3v) is 2.90. The molecule has 0 saturated heterocycles. The molecule has 0 fully saturated rings. The van der Waals surface area contributed by atoms with Gasteiger partial charge in [0.1, 0.15) is 5.75 Å². The van der Waals surface area contributed by atoms with Gasteiger partial charge in [0.15, 0.2) is 0 Å². The second kappa shape index (κ2) is 5.97. The van der Waals surface area contributed by atoms with E-state index in [4.69, 9.17) is 10.5 Å². The largest absolute Gasteiger partial charge is 0.496 e. The number of carbonyl (C=O) groups excluding carboxylic acids is 1. The molecule has 2 amide bonds. The topological polar surface area (TPSA) is 76.4 Å². The fraction of sp³-hybridized carbons (Fsp3) is 0.133. The van der Waals surface area contributed by atoms with Gasteiger partial charge in [0.25, 0.3) is 0 Å². The molecule has 0 bridgehead atoms. The van der Waals surface area contributed by atoms with E-state index in [1.165, 1.54) is 0 Å². The number of hydrogen-bond donors (Lipinski definition) is 3. The van der Waals surface area contributed by atoms with E-state index in [2.05, 4.69) is 10.6 Å². The third-order valence-electron chi connectivity index (χ3n) is 2.90. The molecule has 0 atom stereocenters. The summed E-state index contributed by atoms with van der Waals surface area (Å²) in [5.74, 6) is 0.728. The van der Waals surface area contributed by atoms with Crippen molar-refractivity contribution >= 4 is 23.1 Å². The second-order valence-electron chi connectivity index (χ2n) is 4.34. The average molecular weight is 271 g/mol. The molecule has 5 heteroatoms. The number of methoxy groups -OCH3 is 1. The quantitative estimate of drug-likeness (QED) is 0.750. The lowest BCUT2D eigenvalue weighted by atomic mass is 10.2. The first-order valence-electron chi connectivity index (χ1n) is 6.17. The van der Waals surface area contributed by atoms with E-state index >= 15 is 0 Å². The zero-order chi connectivity index (χ0) is 14.5. The van der Waals surface area contributed by atoms with E-state index < -0.39 is 0 Å². The number of carbonyl (C=O) groups is 1. The lowest BCUT2D eigenvalue weighted by Crippen LogP contribution is -2.20. The number of amides is 2. The molecule has 2 aromatic rings. The predicted molar refractivity (Wildman–Crippen MR) is 81.2 cm³/mol. The number of ether oxygens (including phenoxy) is 1. The fourth-order valence-electron chi connectivity index (χ4n) is 1.87. The van der Waals surface area contributed by atoms with Crippen molar-refractivity contribution in [1.82, 2.24) is 0 Å². The molecule has 0 saturated carbocycles. The zero-order valence-electron chi connectivity index (χ0n) is 11.4. The van der Waals surface area contributed by atoms with Crippen molar-refractivity contribution < 1.29 is 9.53 Å². The van der Waals surface area contributed by atoms with Gasteiger partial charge in [-0.25, -0.2) is 4.79 Å². The monoisotopic (exact) mass is 271 g/mol. The van der Waals surface area contributed by atoms with Gasteiger partial charge >= 0.3 is 6.03 Å². The Morgan fingerprint density at radius 1 is 1.15 bits per heavy atom. The van der Waals surface area contributed by atoms with Crippen molar-refractivity contribution in [1.29, 1.82) is 0 Å². The molecule has 4 N–H and O–H groups in total. The lowest BCUT2D eigenvalue weighted by molar-refractivity contribution is 0.262. The smallest absolute Gasteiger partial charge is 0.323 e. The summed E-state index contributed by atoms with van der Waals surface area (Å²) in [5, 5.41) is 5.51. The fourth-order valence-corrected chi connectivity index (χ4v) is 1.87. The highest BCUT2D eigenvalue weighted by molar-refractivity contribution is 6.00. The standard InChI is InChI=1S/C15H17N3O2/c1-10-13(7-4-8-14(10)20-2)18-15(19)17-12-6-3-5-11(16)9-12/h3-9H,16H2,1-2H3,(H2,17,18,19). The number of nitrogens with one attached hydrogen (secondary N) is 2. The molecule has 0 spiro atoms. The summed E-state index contributed by atoms with van der Waals surface area (Å²) < 4.78 is 5.21. The molecule has 0 aromatic heterocycles. The van der Waals surface area contributed by atoms with Crippen molar-refractivity contribution in [2.75, 3.05) is 23.5 Å². The van der Waals surface area contributed by atoms with Crippen LogP contribution in [0.15, 0.2) is 42.5 Å². The van der Waals surface area contributed by atoms with Crippen LogP contribution in [0.2, 0.25) is 0 Å². The van der Waals surface area contributed by atoms with Crippen LogP contribution in [0, 0.1) is 6.92 Å². The second-order valence-corrected chi connectivity index (χ2v) is 4.34. The molecule has 104 valence electrons. The van der Waals surface area contributed by atoms with Gasteiger partial charge in [0.05, 0.1) is 7.11 Å². The Kier molecular flexibility index (Phi) is 4.10. The summed E-state index contributed by atoms with van der Waals surface area (Å²) in [6.07, 6.45) is 0. The number of anilines is 3. The summed E-state index contributed by atoms with van der Waals surface area (Å²) in [7, 11) is 1.60. The Balaban J connectivity index is 2.09. The highest BCUT2D eigenvalue weighted by Crippen LogP contribution is 2.25. The van der Waals surface area contributed by atoms with Crippen LogP contribution in [-0.4, -0.2) is 13.1 Å². The minimum atomic E-state index is -0.327. The number of benzene rings is 2. The molecule has 2 rings (SSSR count). The van der Waals surface area contributed by atoms with Crippen molar-refractivity contribution in [3.63, 3.8) is 0 Å².